The lowest BCUT2D eigenvalue weighted by Gasteiger charge is -1.93. The van der Waals surface area contributed by atoms with Crippen molar-refractivity contribution >= 4 is 11.6 Å². The van der Waals surface area contributed by atoms with E-state index < -0.39 is 0 Å². The normalized spacial score (nSPS) is 10.4. The third-order valence-corrected chi connectivity index (χ3v) is 1.95. The standard InChI is InChI=1S/C9H7ClN2O2/c10-7-3-1-6(2-4-7)9-12-11-8(5-13)14-9/h1-4,13H,5H2. The van der Waals surface area contributed by atoms with Crippen LogP contribution in [-0.4, -0.2) is 15.3 Å². The van der Waals surface area contributed by atoms with Crippen LogP contribution in [0.4, 0.5) is 0 Å². The Labute approximate surface area is 85.2 Å². The summed E-state index contributed by atoms with van der Waals surface area (Å²) in [5.41, 5.74) is 0.779. The fourth-order valence-electron chi connectivity index (χ4n) is 1.03. The van der Waals surface area contributed by atoms with Crippen LogP contribution in [0.25, 0.3) is 11.5 Å². The first-order chi connectivity index (χ1) is 6.79. The molecule has 0 bridgehead atoms. The zero-order valence-corrected chi connectivity index (χ0v) is 7.90. The van der Waals surface area contributed by atoms with Crippen molar-refractivity contribution in [2.24, 2.45) is 0 Å². The molecule has 0 atom stereocenters. The van der Waals surface area contributed by atoms with Crippen molar-refractivity contribution in [2.45, 2.75) is 6.61 Å². The fraction of sp³-hybridized carbons (Fsp3) is 0.111. The van der Waals surface area contributed by atoms with Crippen LogP contribution >= 0.6 is 11.6 Å². The van der Waals surface area contributed by atoms with Crippen molar-refractivity contribution in [2.75, 3.05) is 0 Å². The van der Waals surface area contributed by atoms with Gasteiger partial charge in [0.15, 0.2) is 0 Å². The zero-order valence-electron chi connectivity index (χ0n) is 7.14. The topological polar surface area (TPSA) is 59.2 Å². The van der Waals surface area contributed by atoms with Gasteiger partial charge >= 0.3 is 0 Å². The van der Waals surface area contributed by atoms with Gasteiger partial charge in [0.2, 0.25) is 11.8 Å². The Morgan fingerprint density at radius 2 is 1.93 bits per heavy atom. The Morgan fingerprint density at radius 1 is 1.21 bits per heavy atom. The molecule has 0 fully saturated rings. The molecule has 0 radical (unpaired) electrons. The second kappa shape index (κ2) is 3.77. The van der Waals surface area contributed by atoms with E-state index in [-0.39, 0.29) is 12.5 Å². The van der Waals surface area contributed by atoms with Crippen LogP contribution in [0.15, 0.2) is 28.7 Å². The predicted molar refractivity (Wildman–Crippen MR) is 50.7 cm³/mol. The quantitative estimate of drug-likeness (QED) is 0.822. The third kappa shape index (κ3) is 1.76. The van der Waals surface area contributed by atoms with Crippen LogP contribution in [0.1, 0.15) is 5.89 Å². The lowest BCUT2D eigenvalue weighted by atomic mass is 10.2. The van der Waals surface area contributed by atoms with Crippen molar-refractivity contribution in [1.82, 2.24) is 10.2 Å². The van der Waals surface area contributed by atoms with E-state index in [9.17, 15) is 0 Å². The Balaban J connectivity index is 2.34. The van der Waals surface area contributed by atoms with Crippen molar-refractivity contribution in [3.8, 4) is 11.5 Å². The van der Waals surface area contributed by atoms with Crippen molar-refractivity contribution < 1.29 is 9.52 Å². The molecule has 2 aromatic rings. The number of halogens is 1. The van der Waals surface area contributed by atoms with E-state index in [1.807, 2.05) is 0 Å². The van der Waals surface area contributed by atoms with Gasteiger partial charge in [-0.3, -0.25) is 0 Å². The number of aliphatic hydroxyl groups excluding tert-OH is 1. The summed E-state index contributed by atoms with van der Waals surface area (Å²) in [5.74, 6) is 0.584. The summed E-state index contributed by atoms with van der Waals surface area (Å²) in [6.07, 6.45) is 0. The highest BCUT2D eigenvalue weighted by molar-refractivity contribution is 6.30. The smallest absolute Gasteiger partial charge is 0.247 e. The molecule has 0 aliphatic heterocycles. The highest BCUT2D eigenvalue weighted by atomic mass is 35.5. The first-order valence-corrected chi connectivity index (χ1v) is 4.36. The van der Waals surface area contributed by atoms with Crippen molar-refractivity contribution in [1.29, 1.82) is 0 Å². The average Bonchev–Trinajstić information content (AvgIpc) is 2.67. The molecule has 5 heteroatoms. The van der Waals surface area contributed by atoms with E-state index in [1.165, 1.54) is 0 Å². The van der Waals surface area contributed by atoms with Gasteiger partial charge in [0.1, 0.15) is 6.61 Å². The lowest BCUT2D eigenvalue weighted by molar-refractivity contribution is 0.241. The van der Waals surface area contributed by atoms with Gasteiger partial charge in [-0.05, 0) is 24.3 Å². The largest absolute Gasteiger partial charge is 0.418 e. The Bertz CT molecular complexity index is 425. The maximum Gasteiger partial charge on any atom is 0.247 e. The van der Waals surface area contributed by atoms with Crippen molar-refractivity contribution in [3.63, 3.8) is 0 Å². The minimum absolute atomic E-state index is 0.204. The highest BCUT2D eigenvalue weighted by Gasteiger charge is 2.06. The van der Waals surface area contributed by atoms with Gasteiger partial charge in [0, 0.05) is 10.6 Å². The molecule has 2 rings (SSSR count). The summed E-state index contributed by atoms with van der Waals surface area (Å²) in [6.45, 7) is -0.249. The van der Waals surface area contributed by atoms with Gasteiger partial charge in [-0.15, -0.1) is 10.2 Å². The summed E-state index contributed by atoms with van der Waals surface area (Å²) >= 11 is 5.72. The maximum absolute atomic E-state index is 8.72. The third-order valence-electron chi connectivity index (χ3n) is 1.69. The number of hydrogen-bond acceptors (Lipinski definition) is 4. The van der Waals surface area contributed by atoms with E-state index >= 15 is 0 Å². The van der Waals surface area contributed by atoms with Gasteiger partial charge in [0.25, 0.3) is 0 Å². The van der Waals surface area contributed by atoms with Gasteiger partial charge in [-0.25, -0.2) is 0 Å². The van der Waals surface area contributed by atoms with Gasteiger partial charge in [0.05, 0.1) is 0 Å². The molecule has 14 heavy (non-hydrogen) atoms. The van der Waals surface area contributed by atoms with Crippen LogP contribution in [-0.2, 0) is 6.61 Å². The molecule has 0 aliphatic carbocycles. The molecule has 0 saturated heterocycles. The zero-order chi connectivity index (χ0) is 9.97. The minimum Gasteiger partial charge on any atom is -0.418 e. The number of benzene rings is 1. The second-order valence-corrected chi connectivity index (χ2v) is 3.10. The highest BCUT2D eigenvalue weighted by Crippen LogP contribution is 2.19. The maximum atomic E-state index is 8.72. The Kier molecular flexibility index (Phi) is 2.47. The van der Waals surface area contributed by atoms with Gasteiger partial charge < -0.3 is 9.52 Å². The molecule has 1 heterocycles. The summed E-state index contributed by atoms with van der Waals surface area (Å²) in [4.78, 5) is 0. The number of rotatable bonds is 2. The first-order valence-electron chi connectivity index (χ1n) is 3.99. The molecular weight excluding hydrogens is 204 g/mol. The SMILES string of the molecule is OCc1nnc(-c2ccc(Cl)cc2)o1. The molecule has 0 amide bonds. The number of hydrogen-bond donors (Lipinski definition) is 1. The van der Waals surface area contributed by atoms with Crippen LogP contribution < -0.4 is 0 Å². The van der Waals surface area contributed by atoms with E-state index in [1.54, 1.807) is 24.3 Å². The van der Waals surface area contributed by atoms with Crippen LogP contribution in [0.2, 0.25) is 5.02 Å². The predicted octanol–water partition coefficient (Wildman–Crippen LogP) is 1.88. The second-order valence-electron chi connectivity index (χ2n) is 2.67. The molecule has 0 aliphatic rings. The van der Waals surface area contributed by atoms with Crippen LogP contribution in [0.5, 0.6) is 0 Å². The van der Waals surface area contributed by atoms with Gasteiger partial charge in [-0.2, -0.15) is 0 Å². The van der Waals surface area contributed by atoms with E-state index in [0.717, 1.165) is 5.56 Å². The molecule has 0 spiro atoms. The van der Waals surface area contributed by atoms with Gasteiger partial charge in [-0.1, -0.05) is 11.6 Å². The molecule has 1 aromatic carbocycles. The van der Waals surface area contributed by atoms with Crippen molar-refractivity contribution in [3.05, 3.63) is 35.2 Å². The Hall–Kier alpha value is -1.39. The van der Waals surface area contributed by atoms with E-state index in [4.69, 9.17) is 21.1 Å². The lowest BCUT2D eigenvalue weighted by Crippen LogP contribution is -1.79. The summed E-state index contributed by atoms with van der Waals surface area (Å²) in [5, 5.41) is 16.8. The molecule has 1 N–H and O–H groups in total. The number of aromatic nitrogens is 2. The molecule has 72 valence electrons. The first kappa shape index (κ1) is 9.18. The molecule has 0 unspecified atom stereocenters. The van der Waals surface area contributed by atoms with Crippen LogP contribution in [0, 0.1) is 0 Å². The molecule has 4 nitrogen and oxygen atoms in total. The Morgan fingerprint density at radius 3 is 2.50 bits per heavy atom. The molecule has 1 aromatic heterocycles. The molecular formula is C9H7ClN2O2. The monoisotopic (exact) mass is 210 g/mol. The summed E-state index contributed by atoms with van der Waals surface area (Å²) in [6, 6.07) is 7.02. The summed E-state index contributed by atoms with van der Waals surface area (Å²) < 4.78 is 5.14. The minimum atomic E-state index is -0.249. The number of nitrogens with zero attached hydrogens (tertiary/aromatic N) is 2. The van der Waals surface area contributed by atoms with Crippen LogP contribution in [0.3, 0.4) is 0 Å². The fourth-order valence-corrected chi connectivity index (χ4v) is 1.15. The van der Waals surface area contributed by atoms with E-state index in [0.29, 0.717) is 10.9 Å². The average molecular weight is 211 g/mol. The molecule has 0 saturated carbocycles. The number of aliphatic hydroxyl groups is 1. The summed E-state index contributed by atoms with van der Waals surface area (Å²) in [7, 11) is 0. The van der Waals surface area contributed by atoms with E-state index in [2.05, 4.69) is 10.2 Å².